The van der Waals surface area contributed by atoms with Crippen LogP contribution in [0.2, 0.25) is 0 Å². The second kappa shape index (κ2) is 8.60. The summed E-state index contributed by atoms with van der Waals surface area (Å²) in [6, 6.07) is 7.36. The van der Waals surface area contributed by atoms with Gasteiger partial charge in [-0.1, -0.05) is 0 Å². The number of ether oxygens (including phenoxy) is 2. The molecule has 2 N–H and O–H groups in total. The number of carbonyl (C=O) groups excluding carboxylic acids is 1. The average Bonchev–Trinajstić information content (AvgIpc) is 2.60. The fourth-order valence-corrected chi connectivity index (χ4v) is 2.49. The minimum absolute atomic E-state index is 0.0437. The van der Waals surface area contributed by atoms with Crippen LogP contribution in [-0.4, -0.2) is 22.6 Å². The molecule has 0 saturated heterocycles. The number of aliphatic hydroxyl groups excluding tert-OH is 2. The monoisotopic (exact) mass is 348 g/mol. The van der Waals surface area contributed by atoms with Gasteiger partial charge in [-0.2, -0.15) is 0 Å². The molecule has 0 radical (unpaired) electrons. The maximum Gasteiger partial charge on any atom is 0.159 e. The third-order valence-electron chi connectivity index (χ3n) is 3.69. The van der Waals surface area contributed by atoms with Crippen LogP contribution in [0.25, 0.3) is 0 Å². The molecule has 2 aromatic rings. The molecule has 0 saturated carbocycles. The Morgan fingerprint density at radius 1 is 1.04 bits per heavy atom. The maximum atomic E-state index is 13.5. The molecule has 5 nitrogen and oxygen atoms in total. The molecule has 0 aromatic heterocycles. The van der Waals surface area contributed by atoms with Crippen molar-refractivity contribution in [1.29, 1.82) is 0 Å². The highest BCUT2D eigenvalue weighted by Gasteiger charge is 2.14. The Kier molecular flexibility index (Phi) is 6.50. The summed E-state index contributed by atoms with van der Waals surface area (Å²) in [7, 11) is 0. The number of Topliss-reactive ketones (excluding diaryl/α,β-unsaturated/α-hetero) is 1. The van der Waals surface area contributed by atoms with Gasteiger partial charge in [-0.25, -0.2) is 4.39 Å². The standard InChI is InChI=1S/C19H21FO5/c1-3-24-18-5-4-13(12(2)23)6-16(18)11-25-19-14(9-21)7-17(20)8-15(19)10-22/h4-8,21-22H,3,9-11H2,1-2H3. The van der Waals surface area contributed by atoms with Crippen LogP contribution in [-0.2, 0) is 19.8 Å². The lowest BCUT2D eigenvalue weighted by molar-refractivity contribution is 0.101. The highest BCUT2D eigenvalue weighted by molar-refractivity contribution is 5.94. The molecular formula is C19H21FO5. The van der Waals surface area contributed by atoms with Crippen LogP contribution in [0, 0.1) is 5.82 Å². The number of benzene rings is 2. The number of carbonyl (C=O) groups is 1. The fraction of sp³-hybridized carbons (Fsp3) is 0.316. The molecule has 0 unspecified atom stereocenters. The summed E-state index contributed by atoms with van der Waals surface area (Å²) >= 11 is 0. The van der Waals surface area contributed by atoms with E-state index in [4.69, 9.17) is 9.47 Å². The van der Waals surface area contributed by atoms with E-state index in [0.717, 1.165) is 12.1 Å². The minimum Gasteiger partial charge on any atom is -0.493 e. The van der Waals surface area contributed by atoms with Gasteiger partial charge in [-0.05, 0) is 44.2 Å². The Balaban J connectivity index is 2.34. The zero-order chi connectivity index (χ0) is 18.4. The zero-order valence-corrected chi connectivity index (χ0v) is 14.2. The maximum absolute atomic E-state index is 13.5. The van der Waals surface area contributed by atoms with Crippen LogP contribution in [0.1, 0.15) is 40.9 Å². The van der Waals surface area contributed by atoms with Crippen molar-refractivity contribution in [2.75, 3.05) is 6.61 Å². The van der Waals surface area contributed by atoms with Crippen molar-refractivity contribution < 1.29 is 28.9 Å². The lowest BCUT2D eigenvalue weighted by Crippen LogP contribution is -2.06. The van der Waals surface area contributed by atoms with Gasteiger partial charge >= 0.3 is 0 Å². The van der Waals surface area contributed by atoms with E-state index in [2.05, 4.69) is 0 Å². The molecule has 134 valence electrons. The molecule has 0 aliphatic carbocycles. The van der Waals surface area contributed by atoms with Crippen molar-refractivity contribution in [2.24, 2.45) is 0 Å². The van der Waals surface area contributed by atoms with Crippen molar-refractivity contribution in [3.8, 4) is 11.5 Å². The largest absolute Gasteiger partial charge is 0.493 e. The lowest BCUT2D eigenvalue weighted by atomic mass is 10.1. The van der Waals surface area contributed by atoms with Gasteiger partial charge in [-0.15, -0.1) is 0 Å². The number of ketones is 1. The van der Waals surface area contributed by atoms with Crippen molar-refractivity contribution in [3.05, 3.63) is 58.4 Å². The molecule has 6 heteroatoms. The first-order valence-electron chi connectivity index (χ1n) is 7.92. The zero-order valence-electron chi connectivity index (χ0n) is 14.2. The molecule has 2 rings (SSSR count). The van der Waals surface area contributed by atoms with E-state index in [1.165, 1.54) is 6.92 Å². The first-order chi connectivity index (χ1) is 12.0. The fourth-order valence-electron chi connectivity index (χ4n) is 2.49. The Morgan fingerprint density at radius 2 is 1.68 bits per heavy atom. The Morgan fingerprint density at radius 3 is 2.20 bits per heavy atom. The normalized spacial score (nSPS) is 10.6. The van der Waals surface area contributed by atoms with Gasteiger partial charge in [0.05, 0.1) is 19.8 Å². The third kappa shape index (κ3) is 4.55. The number of rotatable bonds is 8. The molecule has 0 amide bonds. The van der Waals surface area contributed by atoms with Crippen LogP contribution < -0.4 is 9.47 Å². The quantitative estimate of drug-likeness (QED) is 0.717. The molecule has 0 bridgehead atoms. The SMILES string of the molecule is CCOc1ccc(C(C)=O)cc1COc1c(CO)cc(F)cc1CO. The van der Waals surface area contributed by atoms with Crippen molar-refractivity contribution in [1.82, 2.24) is 0 Å². The Labute approximate surface area is 145 Å². The predicted molar refractivity (Wildman–Crippen MR) is 90.2 cm³/mol. The van der Waals surface area contributed by atoms with E-state index in [9.17, 15) is 19.4 Å². The van der Waals surface area contributed by atoms with E-state index >= 15 is 0 Å². The summed E-state index contributed by atoms with van der Waals surface area (Å²) < 4.78 is 24.8. The highest BCUT2D eigenvalue weighted by Crippen LogP contribution is 2.29. The first-order valence-corrected chi connectivity index (χ1v) is 7.92. The number of halogens is 1. The number of hydrogen-bond acceptors (Lipinski definition) is 5. The summed E-state index contributed by atoms with van der Waals surface area (Å²) in [5.41, 5.74) is 1.65. The molecule has 0 atom stereocenters. The number of aliphatic hydroxyl groups is 2. The molecule has 25 heavy (non-hydrogen) atoms. The molecule has 0 heterocycles. The van der Waals surface area contributed by atoms with E-state index in [1.54, 1.807) is 18.2 Å². The lowest BCUT2D eigenvalue weighted by Gasteiger charge is -2.16. The van der Waals surface area contributed by atoms with E-state index in [1.807, 2.05) is 6.92 Å². The summed E-state index contributed by atoms with van der Waals surface area (Å²) in [5, 5.41) is 18.8. The molecule has 2 aromatic carbocycles. The molecule has 0 aliphatic heterocycles. The van der Waals surface area contributed by atoms with Crippen molar-refractivity contribution >= 4 is 5.78 Å². The van der Waals surface area contributed by atoms with Gasteiger partial charge in [0.15, 0.2) is 5.78 Å². The summed E-state index contributed by atoms with van der Waals surface area (Å²) in [5.74, 6) is 0.153. The predicted octanol–water partition coefficient (Wildman–Crippen LogP) is 2.99. The second-order valence-electron chi connectivity index (χ2n) is 5.47. The van der Waals surface area contributed by atoms with E-state index < -0.39 is 19.0 Å². The topological polar surface area (TPSA) is 76.0 Å². The van der Waals surface area contributed by atoms with Gasteiger partial charge in [0.1, 0.15) is 23.9 Å². The van der Waals surface area contributed by atoms with Crippen molar-refractivity contribution in [3.63, 3.8) is 0 Å². The molecule has 0 fully saturated rings. The summed E-state index contributed by atoms with van der Waals surface area (Å²) in [4.78, 5) is 11.6. The summed E-state index contributed by atoms with van der Waals surface area (Å²) in [6.45, 7) is 2.96. The minimum atomic E-state index is -0.561. The Hall–Kier alpha value is -2.44. The van der Waals surface area contributed by atoms with Gasteiger partial charge in [0.25, 0.3) is 0 Å². The van der Waals surface area contributed by atoms with Gasteiger partial charge in [0.2, 0.25) is 0 Å². The molecule has 0 aliphatic rings. The van der Waals surface area contributed by atoms with Crippen LogP contribution in [0.3, 0.4) is 0 Å². The average molecular weight is 348 g/mol. The van der Waals surface area contributed by atoms with Gasteiger partial charge < -0.3 is 19.7 Å². The van der Waals surface area contributed by atoms with Crippen molar-refractivity contribution in [2.45, 2.75) is 33.7 Å². The highest BCUT2D eigenvalue weighted by atomic mass is 19.1. The smallest absolute Gasteiger partial charge is 0.159 e. The van der Waals surface area contributed by atoms with Gasteiger partial charge in [0, 0.05) is 22.3 Å². The van der Waals surface area contributed by atoms with Crippen LogP contribution in [0.15, 0.2) is 30.3 Å². The Bertz CT molecular complexity index is 732. The summed E-state index contributed by atoms with van der Waals surface area (Å²) in [6.07, 6.45) is 0. The van der Waals surface area contributed by atoms with Crippen LogP contribution in [0.5, 0.6) is 11.5 Å². The molecular weight excluding hydrogens is 327 g/mol. The number of hydrogen-bond donors (Lipinski definition) is 2. The first kappa shape index (κ1) is 18.9. The van der Waals surface area contributed by atoms with Gasteiger partial charge in [-0.3, -0.25) is 4.79 Å². The second-order valence-corrected chi connectivity index (χ2v) is 5.47. The third-order valence-corrected chi connectivity index (χ3v) is 3.69. The molecule has 0 spiro atoms. The van der Waals surface area contributed by atoms with E-state index in [-0.39, 0.29) is 29.3 Å². The van der Waals surface area contributed by atoms with Crippen LogP contribution >= 0.6 is 0 Å². The van der Waals surface area contributed by atoms with Crippen LogP contribution in [0.4, 0.5) is 4.39 Å². The van der Waals surface area contributed by atoms with E-state index in [0.29, 0.717) is 23.5 Å².